The minimum absolute atomic E-state index is 0.129. The van der Waals surface area contributed by atoms with Crippen molar-refractivity contribution in [2.75, 3.05) is 7.05 Å². The highest BCUT2D eigenvalue weighted by Crippen LogP contribution is 2.46. The minimum atomic E-state index is 0.129. The Kier molecular flexibility index (Phi) is 2.80. The molecule has 1 saturated heterocycles. The Hall–Kier alpha value is -1.12. The first-order valence-corrected chi connectivity index (χ1v) is 8.09. The molecule has 2 bridgehead atoms. The molecule has 2 atom stereocenters. The van der Waals surface area contributed by atoms with Gasteiger partial charge < -0.3 is 0 Å². The molecule has 0 aliphatic carbocycles. The van der Waals surface area contributed by atoms with Gasteiger partial charge in [-0.25, -0.2) is 0 Å². The lowest BCUT2D eigenvalue weighted by Gasteiger charge is -2.39. The van der Waals surface area contributed by atoms with Crippen molar-refractivity contribution < 1.29 is 0 Å². The fraction of sp³-hybridized carbons (Fsp3) is 0.333. The summed E-state index contributed by atoms with van der Waals surface area (Å²) in [6, 6.07) is 14.2. The third kappa shape index (κ3) is 1.71. The number of likely N-dealkylation sites (N-methyl/N-ethyl adjacent to an activating group) is 1. The molecule has 4 rings (SSSR count). The van der Waals surface area contributed by atoms with Gasteiger partial charge in [0, 0.05) is 10.5 Å². The molecule has 1 nitrogen and oxygen atoms in total. The predicted octanol–water partition coefficient (Wildman–Crippen LogP) is 4.85. The van der Waals surface area contributed by atoms with E-state index in [-0.39, 0.29) is 5.54 Å². The molecule has 0 N–H and O–H groups in total. The van der Waals surface area contributed by atoms with E-state index in [1.54, 1.807) is 0 Å². The van der Waals surface area contributed by atoms with Crippen LogP contribution in [0.2, 0.25) is 0 Å². The van der Waals surface area contributed by atoms with Gasteiger partial charge in [0.15, 0.2) is 0 Å². The highest BCUT2D eigenvalue weighted by Gasteiger charge is 2.45. The Balaban J connectivity index is 1.88. The number of hydrogen-bond acceptors (Lipinski definition) is 1. The Labute approximate surface area is 128 Å². The first-order valence-electron chi connectivity index (χ1n) is 7.29. The fourth-order valence-electron chi connectivity index (χ4n) is 3.91. The van der Waals surface area contributed by atoms with E-state index in [1.165, 1.54) is 35.6 Å². The molecule has 2 heteroatoms. The Bertz CT molecular complexity index is 706. The molecule has 0 amide bonds. The third-order valence-corrected chi connectivity index (χ3v) is 5.63. The van der Waals surface area contributed by atoms with Crippen LogP contribution >= 0.6 is 15.9 Å². The molecule has 2 unspecified atom stereocenters. The van der Waals surface area contributed by atoms with Crippen molar-refractivity contribution >= 4 is 26.7 Å². The number of hydrogen-bond donors (Lipinski definition) is 0. The SMILES string of the molecule is CN1C2CC=CC1(c1ccc3cc(Br)ccc3c1)CC2. The van der Waals surface area contributed by atoms with Gasteiger partial charge in [-0.1, -0.05) is 46.3 Å². The van der Waals surface area contributed by atoms with E-state index in [9.17, 15) is 0 Å². The van der Waals surface area contributed by atoms with Gasteiger partial charge in [0.25, 0.3) is 0 Å². The molecule has 0 aromatic heterocycles. The summed E-state index contributed by atoms with van der Waals surface area (Å²) in [6.45, 7) is 0. The van der Waals surface area contributed by atoms with Gasteiger partial charge in [-0.3, -0.25) is 4.90 Å². The number of fused-ring (bicyclic) bond motifs is 3. The van der Waals surface area contributed by atoms with Crippen molar-refractivity contribution in [3.63, 3.8) is 0 Å². The number of halogens is 1. The lowest BCUT2D eigenvalue weighted by Crippen LogP contribution is -2.42. The van der Waals surface area contributed by atoms with E-state index in [2.05, 4.69) is 76.4 Å². The largest absolute Gasteiger partial charge is 0.290 e. The fourth-order valence-corrected chi connectivity index (χ4v) is 4.29. The first-order chi connectivity index (χ1) is 9.69. The van der Waals surface area contributed by atoms with Gasteiger partial charge in [0.2, 0.25) is 0 Å². The zero-order valence-electron chi connectivity index (χ0n) is 11.6. The molecule has 0 saturated carbocycles. The van der Waals surface area contributed by atoms with Crippen LogP contribution in [0.15, 0.2) is 53.0 Å². The van der Waals surface area contributed by atoms with Gasteiger partial charge >= 0.3 is 0 Å². The standard InChI is InChI=1S/C18H18BrN/c1-20-17-3-2-9-18(20,10-8-17)15-6-4-14-12-16(19)7-5-13(14)11-15/h2,4-7,9,11-12,17H,3,8,10H2,1H3. The van der Waals surface area contributed by atoms with Gasteiger partial charge in [-0.05, 0) is 60.8 Å². The zero-order chi connectivity index (χ0) is 13.7. The van der Waals surface area contributed by atoms with Crippen molar-refractivity contribution in [2.45, 2.75) is 30.8 Å². The molecule has 102 valence electrons. The summed E-state index contributed by atoms with van der Waals surface area (Å²) in [5, 5.41) is 2.63. The minimum Gasteiger partial charge on any atom is -0.290 e. The number of nitrogens with zero attached hydrogens (tertiary/aromatic N) is 1. The number of rotatable bonds is 1. The van der Waals surface area contributed by atoms with Crippen LogP contribution in [0.1, 0.15) is 24.8 Å². The van der Waals surface area contributed by atoms with Crippen molar-refractivity contribution in [3.8, 4) is 0 Å². The van der Waals surface area contributed by atoms with E-state index in [0.717, 1.165) is 10.5 Å². The topological polar surface area (TPSA) is 3.24 Å². The molecular formula is C18H18BrN. The quantitative estimate of drug-likeness (QED) is 0.676. The van der Waals surface area contributed by atoms with Crippen molar-refractivity contribution in [1.29, 1.82) is 0 Å². The zero-order valence-corrected chi connectivity index (χ0v) is 13.2. The van der Waals surface area contributed by atoms with Gasteiger partial charge in [-0.15, -0.1) is 0 Å². The molecule has 20 heavy (non-hydrogen) atoms. The maximum atomic E-state index is 3.55. The lowest BCUT2D eigenvalue weighted by atomic mass is 9.85. The highest BCUT2D eigenvalue weighted by atomic mass is 79.9. The average molecular weight is 328 g/mol. The second-order valence-corrected chi connectivity index (χ2v) is 6.99. The van der Waals surface area contributed by atoms with Crippen LogP contribution in [0, 0.1) is 0 Å². The first kappa shape index (κ1) is 12.6. The van der Waals surface area contributed by atoms with E-state index < -0.39 is 0 Å². The van der Waals surface area contributed by atoms with E-state index in [4.69, 9.17) is 0 Å². The molecule has 2 aromatic carbocycles. The van der Waals surface area contributed by atoms with Gasteiger partial charge in [0.05, 0.1) is 5.54 Å². The molecule has 2 aromatic rings. The normalized spacial score (nSPS) is 29.2. The Morgan fingerprint density at radius 3 is 2.85 bits per heavy atom. The summed E-state index contributed by atoms with van der Waals surface area (Å²) >= 11 is 3.55. The molecule has 2 aliphatic rings. The predicted molar refractivity (Wildman–Crippen MR) is 87.9 cm³/mol. The number of benzene rings is 2. The van der Waals surface area contributed by atoms with E-state index >= 15 is 0 Å². The van der Waals surface area contributed by atoms with Crippen LogP contribution in [0.3, 0.4) is 0 Å². The maximum Gasteiger partial charge on any atom is 0.0646 e. The van der Waals surface area contributed by atoms with Crippen LogP contribution in [0.25, 0.3) is 10.8 Å². The molecule has 0 spiro atoms. The summed E-state index contributed by atoms with van der Waals surface area (Å²) in [5.74, 6) is 0. The van der Waals surface area contributed by atoms with Crippen molar-refractivity contribution in [3.05, 3.63) is 58.6 Å². The summed E-state index contributed by atoms with van der Waals surface area (Å²) < 4.78 is 1.14. The van der Waals surface area contributed by atoms with Crippen LogP contribution in [0.4, 0.5) is 0 Å². The smallest absolute Gasteiger partial charge is 0.0646 e. The summed E-state index contributed by atoms with van der Waals surface area (Å²) in [4.78, 5) is 2.58. The maximum absolute atomic E-state index is 3.55. The van der Waals surface area contributed by atoms with Crippen molar-refractivity contribution in [2.24, 2.45) is 0 Å². The van der Waals surface area contributed by atoms with Crippen LogP contribution < -0.4 is 0 Å². The Morgan fingerprint density at radius 1 is 1.15 bits per heavy atom. The van der Waals surface area contributed by atoms with Crippen LogP contribution in [-0.2, 0) is 5.54 Å². The molecular weight excluding hydrogens is 310 g/mol. The van der Waals surface area contributed by atoms with E-state index in [0.29, 0.717) is 0 Å². The van der Waals surface area contributed by atoms with Crippen molar-refractivity contribution in [1.82, 2.24) is 4.90 Å². The summed E-state index contributed by atoms with van der Waals surface area (Å²) in [6.07, 6.45) is 8.56. The highest BCUT2D eigenvalue weighted by molar-refractivity contribution is 9.10. The Morgan fingerprint density at radius 2 is 1.95 bits per heavy atom. The van der Waals surface area contributed by atoms with Crippen LogP contribution in [-0.4, -0.2) is 18.0 Å². The molecule has 2 aliphatic heterocycles. The summed E-state index contributed by atoms with van der Waals surface area (Å²) in [5.41, 5.74) is 1.57. The lowest BCUT2D eigenvalue weighted by molar-refractivity contribution is 0.168. The average Bonchev–Trinajstić information content (AvgIpc) is 2.65. The monoisotopic (exact) mass is 327 g/mol. The molecule has 0 radical (unpaired) electrons. The second kappa shape index (κ2) is 4.44. The van der Waals surface area contributed by atoms with E-state index in [1.807, 2.05) is 0 Å². The van der Waals surface area contributed by atoms with Gasteiger partial charge in [-0.2, -0.15) is 0 Å². The summed E-state index contributed by atoms with van der Waals surface area (Å²) in [7, 11) is 2.28. The van der Waals surface area contributed by atoms with Gasteiger partial charge in [0.1, 0.15) is 0 Å². The molecule has 2 heterocycles. The molecule has 1 fully saturated rings. The second-order valence-electron chi connectivity index (χ2n) is 6.07. The third-order valence-electron chi connectivity index (χ3n) is 5.14. The van der Waals surface area contributed by atoms with Crippen LogP contribution in [0.5, 0.6) is 0 Å².